The van der Waals surface area contributed by atoms with Gasteiger partial charge < -0.3 is 0 Å². The maximum atomic E-state index is 10.0. The standard InChI is InChI=1S/C5H8O2.2ClH.Sn/c1-4(6)3-5(2)7;;;/h3H2,1-2H3;2*1H;/q;;;+2/p-2. The van der Waals surface area contributed by atoms with Crippen LogP contribution in [0, 0.1) is 0 Å². The molecule has 0 N–H and O–H groups in total. The summed E-state index contributed by atoms with van der Waals surface area (Å²) in [7, 11) is 9.87. The number of rotatable bonds is 2. The van der Waals surface area contributed by atoms with Gasteiger partial charge in [-0.1, -0.05) is 0 Å². The van der Waals surface area contributed by atoms with E-state index in [1.165, 1.54) is 13.8 Å². The van der Waals surface area contributed by atoms with Crippen LogP contribution in [0.5, 0.6) is 0 Å². The van der Waals surface area contributed by atoms with Gasteiger partial charge in [0.05, 0.1) is 6.42 Å². The quantitative estimate of drug-likeness (QED) is 0.571. The third-order valence-corrected chi connectivity index (χ3v) is 0.498. The molecule has 0 bridgehead atoms. The van der Waals surface area contributed by atoms with Gasteiger partial charge in [-0.05, 0) is 13.8 Å². The fourth-order valence-electron chi connectivity index (χ4n) is 0.351. The Morgan fingerprint density at radius 1 is 1.20 bits per heavy atom. The molecule has 0 aromatic carbocycles. The monoisotopic (exact) mass is 290 g/mol. The predicted molar refractivity (Wildman–Crippen MR) is 43.4 cm³/mol. The fraction of sp³-hybridized carbons (Fsp3) is 0.600. The first-order valence-corrected chi connectivity index (χ1v) is 9.72. The van der Waals surface area contributed by atoms with Crippen LogP contribution < -0.4 is 0 Å². The molecule has 0 amide bonds. The summed E-state index contributed by atoms with van der Waals surface area (Å²) >= 11 is -0.826. The van der Waals surface area contributed by atoms with E-state index in [4.69, 9.17) is 17.8 Å². The Bertz CT molecular complexity index is 104. The molecule has 0 aliphatic heterocycles. The number of hydrogen-bond acceptors (Lipinski definition) is 2. The van der Waals surface area contributed by atoms with Crippen LogP contribution in [0.15, 0.2) is 0 Å². The summed E-state index contributed by atoms with van der Waals surface area (Å²) in [6.07, 6.45) is 0.0833. The van der Waals surface area contributed by atoms with Crippen molar-refractivity contribution in [2.45, 2.75) is 20.3 Å². The molecule has 0 saturated carbocycles. The summed E-state index contributed by atoms with van der Waals surface area (Å²) in [6.45, 7) is 2.81. The van der Waals surface area contributed by atoms with Crippen LogP contribution in [0.2, 0.25) is 0 Å². The van der Waals surface area contributed by atoms with E-state index in [0.717, 1.165) is 0 Å². The van der Waals surface area contributed by atoms with Crippen molar-refractivity contribution < 1.29 is 9.59 Å². The molecule has 0 aliphatic carbocycles. The number of hydrogen-bond donors (Lipinski definition) is 0. The van der Waals surface area contributed by atoms with Crippen LogP contribution in [0.25, 0.3) is 0 Å². The van der Waals surface area contributed by atoms with Gasteiger partial charge in [-0.25, -0.2) is 0 Å². The maximum absolute atomic E-state index is 10.0. The van der Waals surface area contributed by atoms with Crippen molar-refractivity contribution >= 4 is 48.3 Å². The first kappa shape index (κ1) is 13.3. The van der Waals surface area contributed by atoms with E-state index >= 15 is 0 Å². The zero-order valence-electron chi connectivity index (χ0n) is 5.78. The fourth-order valence-corrected chi connectivity index (χ4v) is 0.351. The van der Waals surface area contributed by atoms with Crippen molar-refractivity contribution in [2.75, 3.05) is 0 Å². The molecule has 0 unspecified atom stereocenters. The molecule has 0 atom stereocenters. The Balaban J connectivity index is 0. The number of halogens is 2. The second-order valence-corrected chi connectivity index (χ2v) is 5.89. The SMILES string of the molecule is CC(=O)CC(C)=O.[Cl][Sn][Cl]. The van der Waals surface area contributed by atoms with Crippen molar-refractivity contribution in [1.82, 2.24) is 0 Å². The van der Waals surface area contributed by atoms with Crippen LogP contribution in [0.1, 0.15) is 20.3 Å². The average molecular weight is 290 g/mol. The van der Waals surface area contributed by atoms with Gasteiger partial charge in [-0.3, -0.25) is 9.59 Å². The van der Waals surface area contributed by atoms with Crippen LogP contribution in [-0.2, 0) is 9.59 Å². The summed E-state index contributed by atoms with van der Waals surface area (Å²) in [6, 6.07) is 0. The number of carbonyl (C=O) groups is 2. The van der Waals surface area contributed by atoms with Gasteiger partial charge in [0.1, 0.15) is 11.6 Å². The van der Waals surface area contributed by atoms with Gasteiger partial charge in [0, 0.05) is 0 Å². The molecular weight excluding hydrogens is 282 g/mol. The van der Waals surface area contributed by atoms with Crippen LogP contribution >= 0.6 is 17.8 Å². The van der Waals surface area contributed by atoms with E-state index in [2.05, 4.69) is 0 Å². The van der Waals surface area contributed by atoms with E-state index in [1.807, 2.05) is 0 Å². The summed E-state index contributed by atoms with van der Waals surface area (Å²) < 4.78 is 0. The Labute approximate surface area is 77.9 Å². The van der Waals surface area contributed by atoms with Crippen molar-refractivity contribution in [1.29, 1.82) is 0 Å². The molecule has 0 rings (SSSR count). The number of carbonyl (C=O) groups excluding carboxylic acids is 2. The third-order valence-electron chi connectivity index (χ3n) is 0.498. The van der Waals surface area contributed by atoms with E-state index in [0.29, 0.717) is 0 Å². The van der Waals surface area contributed by atoms with E-state index in [1.54, 1.807) is 0 Å². The van der Waals surface area contributed by atoms with Gasteiger partial charge in [0.15, 0.2) is 0 Å². The molecule has 0 spiro atoms. The minimum atomic E-state index is -0.826. The van der Waals surface area contributed by atoms with Crippen LogP contribution in [0.3, 0.4) is 0 Å². The van der Waals surface area contributed by atoms with Crippen molar-refractivity contribution in [2.24, 2.45) is 0 Å². The molecule has 0 aromatic heterocycles. The molecular formula is C5H8Cl2O2Sn. The molecule has 0 heterocycles. The molecule has 0 aromatic rings. The van der Waals surface area contributed by atoms with Gasteiger partial charge >= 0.3 is 36.7 Å². The molecule has 2 radical (unpaired) electrons. The van der Waals surface area contributed by atoms with Crippen molar-refractivity contribution in [3.8, 4) is 0 Å². The van der Waals surface area contributed by atoms with Crippen molar-refractivity contribution in [3.63, 3.8) is 0 Å². The topological polar surface area (TPSA) is 34.1 Å². The molecule has 0 fully saturated rings. The molecule has 10 heavy (non-hydrogen) atoms. The molecule has 5 heteroatoms. The second kappa shape index (κ2) is 9.72. The summed E-state index contributed by atoms with van der Waals surface area (Å²) in [5, 5.41) is 0. The number of Topliss-reactive ketones (excluding diaryl/α,β-unsaturated/α-hetero) is 2. The Morgan fingerprint density at radius 2 is 1.40 bits per heavy atom. The summed E-state index contributed by atoms with van der Waals surface area (Å²) in [5.41, 5.74) is 0. The van der Waals surface area contributed by atoms with Crippen molar-refractivity contribution in [3.05, 3.63) is 0 Å². The first-order valence-electron chi connectivity index (χ1n) is 2.49. The third kappa shape index (κ3) is 23.3. The van der Waals surface area contributed by atoms with E-state index in [9.17, 15) is 9.59 Å². The van der Waals surface area contributed by atoms with E-state index in [-0.39, 0.29) is 18.0 Å². The summed E-state index contributed by atoms with van der Waals surface area (Å²) in [4.78, 5) is 20.1. The zero-order chi connectivity index (χ0) is 8.57. The number of ketones is 2. The normalized spacial score (nSPS) is 7.60. The van der Waals surface area contributed by atoms with Crippen LogP contribution in [-0.4, -0.2) is 30.5 Å². The molecule has 0 aliphatic rings. The predicted octanol–water partition coefficient (Wildman–Crippen LogP) is 1.55. The molecule has 58 valence electrons. The van der Waals surface area contributed by atoms with E-state index < -0.39 is 18.9 Å². The van der Waals surface area contributed by atoms with Gasteiger partial charge in [-0.15, -0.1) is 0 Å². The van der Waals surface area contributed by atoms with Gasteiger partial charge in [-0.2, -0.15) is 0 Å². The second-order valence-electron chi connectivity index (χ2n) is 1.65. The minimum absolute atomic E-state index is 0.0625. The Hall–Kier alpha value is 0.719. The van der Waals surface area contributed by atoms with Gasteiger partial charge in [0.2, 0.25) is 0 Å². The molecule has 0 saturated heterocycles. The Morgan fingerprint density at radius 3 is 1.40 bits per heavy atom. The summed E-state index contributed by atoms with van der Waals surface area (Å²) in [5.74, 6) is -0.125. The average Bonchev–Trinajstić information content (AvgIpc) is 1.62. The Kier molecular flexibility index (Phi) is 12.9. The molecule has 2 nitrogen and oxygen atoms in total. The van der Waals surface area contributed by atoms with Gasteiger partial charge in [0.25, 0.3) is 0 Å². The first-order chi connectivity index (χ1) is 4.54. The van der Waals surface area contributed by atoms with Crippen LogP contribution in [0.4, 0.5) is 0 Å². The zero-order valence-corrected chi connectivity index (χ0v) is 10.1.